The quantitative estimate of drug-likeness (QED) is 0.760. The minimum Gasteiger partial charge on any atom is -0.298 e. The number of nitrogens with one attached hydrogen (secondary N) is 1. The molecule has 4 nitrogen and oxygen atoms in total. The van der Waals surface area contributed by atoms with Crippen LogP contribution in [0, 0.1) is 6.92 Å². The molecule has 0 aliphatic heterocycles. The van der Waals surface area contributed by atoms with Crippen molar-refractivity contribution in [1.82, 2.24) is 9.97 Å². The molecule has 0 saturated carbocycles. The third-order valence-corrected chi connectivity index (χ3v) is 3.97. The maximum Gasteiger partial charge on any atom is 0.417 e. The molecule has 8 heteroatoms. The van der Waals surface area contributed by atoms with Gasteiger partial charge < -0.3 is 0 Å². The Morgan fingerprint density at radius 2 is 1.91 bits per heavy atom. The first kappa shape index (κ1) is 15.4. The second-order valence-corrected chi connectivity index (χ2v) is 6.03. The van der Waals surface area contributed by atoms with Crippen LogP contribution < -0.4 is 5.32 Å². The lowest BCUT2D eigenvalue weighted by atomic mass is 10.0. The van der Waals surface area contributed by atoms with Crippen molar-refractivity contribution in [2.24, 2.45) is 0 Å². The average Bonchev–Trinajstić information content (AvgIpc) is 2.90. The van der Waals surface area contributed by atoms with E-state index >= 15 is 0 Å². The Hall–Kier alpha value is -2.48. The Kier molecular flexibility index (Phi) is 3.77. The number of carbonyl (C=O) groups excluding carboxylic acids is 1. The summed E-state index contributed by atoms with van der Waals surface area (Å²) in [7, 11) is 0. The Morgan fingerprint density at radius 1 is 1.17 bits per heavy atom. The summed E-state index contributed by atoms with van der Waals surface area (Å²) >= 11 is 1.18. The molecule has 1 amide bonds. The third kappa shape index (κ3) is 3.02. The SMILES string of the molecule is Cc1cnc(NC(=O)c2cnc3ccccc3c2C(F)(F)F)s1. The van der Waals surface area contributed by atoms with Gasteiger partial charge in [-0.2, -0.15) is 13.2 Å². The van der Waals surface area contributed by atoms with Gasteiger partial charge in [-0.3, -0.25) is 15.1 Å². The van der Waals surface area contributed by atoms with Gasteiger partial charge in [0.25, 0.3) is 5.91 Å². The number of halogens is 3. The van der Waals surface area contributed by atoms with Crippen LogP contribution in [0.15, 0.2) is 36.7 Å². The largest absolute Gasteiger partial charge is 0.417 e. The van der Waals surface area contributed by atoms with Crippen LogP contribution in [0.1, 0.15) is 20.8 Å². The van der Waals surface area contributed by atoms with E-state index in [1.54, 1.807) is 13.0 Å². The number of para-hydroxylation sites is 1. The summed E-state index contributed by atoms with van der Waals surface area (Å²) in [6, 6.07) is 5.84. The second kappa shape index (κ2) is 5.62. The highest BCUT2D eigenvalue weighted by Gasteiger charge is 2.37. The van der Waals surface area contributed by atoms with Gasteiger partial charge in [0.15, 0.2) is 5.13 Å². The van der Waals surface area contributed by atoms with Gasteiger partial charge in [0.1, 0.15) is 0 Å². The molecule has 1 N–H and O–H groups in total. The number of nitrogens with zero attached hydrogens (tertiary/aromatic N) is 2. The van der Waals surface area contributed by atoms with Crippen LogP contribution >= 0.6 is 11.3 Å². The summed E-state index contributed by atoms with van der Waals surface area (Å²) in [4.78, 5) is 21.0. The minimum absolute atomic E-state index is 0.108. The highest BCUT2D eigenvalue weighted by atomic mass is 32.1. The number of alkyl halides is 3. The first-order valence-electron chi connectivity index (χ1n) is 6.55. The molecule has 3 rings (SSSR count). The molecule has 118 valence electrons. The zero-order valence-electron chi connectivity index (χ0n) is 11.8. The van der Waals surface area contributed by atoms with Gasteiger partial charge in [-0.1, -0.05) is 18.2 Å². The van der Waals surface area contributed by atoms with Crippen molar-refractivity contribution in [3.63, 3.8) is 0 Å². The van der Waals surface area contributed by atoms with Crippen molar-refractivity contribution < 1.29 is 18.0 Å². The van der Waals surface area contributed by atoms with Crippen molar-refractivity contribution in [2.75, 3.05) is 5.32 Å². The molecule has 3 aromatic rings. The van der Waals surface area contributed by atoms with Crippen LogP contribution in [0.5, 0.6) is 0 Å². The van der Waals surface area contributed by atoms with Crippen LogP contribution in [0.4, 0.5) is 18.3 Å². The molecule has 2 heterocycles. The predicted octanol–water partition coefficient (Wildman–Crippen LogP) is 4.27. The Bertz CT molecular complexity index is 889. The predicted molar refractivity (Wildman–Crippen MR) is 81.5 cm³/mol. The molecule has 0 radical (unpaired) electrons. The normalized spacial score (nSPS) is 11.7. The molecule has 0 fully saturated rings. The van der Waals surface area contributed by atoms with E-state index in [2.05, 4.69) is 15.3 Å². The molecule has 0 bridgehead atoms. The maximum atomic E-state index is 13.5. The fraction of sp³-hybridized carbons (Fsp3) is 0.133. The lowest BCUT2D eigenvalue weighted by Crippen LogP contribution is -2.19. The van der Waals surface area contributed by atoms with Gasteiger partial charge >= 0.3 is 6.18 Å². The number of hydrogen-bond acceptors (Lipinski definition) is 4. The van der Waals surface area contributed by atoms with E-state index in [1.165, 1.54) is 35.7 Å². The van der Waals surface area contributed by atoms with Gasteiger partial charge in [0, 0.05) is 22.7 Å². The van der Waals surface area contributed by atoms with Crippen molar-refractivity contribution in [3.05, 3.63) is 52.7 Å². The summed E-state index contributed by atoms with van der Waals surface area (Å²) < 4.78 is 40.4. The van der Waals surface area contributed by atoms with Crippen molar-refractivity contribution in [3.8, 4) is 0 Å². The standard InChI is InChI=1S/C15H10F3N3OS/c1-8-6-20-14(23-8)21-13(22)10-7-19-11-5-3-2-4-9(11)12(10)15(16,17)18/h2-7H,1H3,(H,20,21,22). The third-order valence-electron chi connectivity index (χ3n) is 3.15. The fourth-order valence-electron chi connectivity index (χ4n) is 2.20. The Morgan fingerprint density at radius 3 is 2.57 bits per heavy atom. The van der Waals surface area contributed by atoms with Crippen LogP contribution in [0.25, 0.3) is 10.9 Å². The molecular formula is C15H10F3N3OS. The molecular weight excluding hydrogens is 327 g/mol. The fourth-order valence-corrected chi connectivity index (χ4v) is 2.86. The Labute approximate surface area is 133 Å². The topological polar surface area (TPSA) is 54.9 Å². The smallest absolute Gasteiger partial charge is 0.298 e. The maximum absolute atomic E-state index is 13.5. The number of aryl methyl sites for hydroxylation is 1. The summed E-state index contributed by atoms with van der Waals surface area (Å²) in [6.45, 7) is 1.78. The highest BCUT2D eigenvalue weighted by molar-refractivity contribution is 7.15. The number of thiazole rings is 1. The number of rotatable bonds is 2. The van der Waals surface area contributed by atoms with Crippen molar-refractivity contribution >= 4 is 33.3 Å². The minimum atomic E-state index is -4.67. The van der Waals surface area contributed by atoms with E-state index in [1.807, 2.05) is 0 Å². The summed E-state index contributed by atoms with van der Waals surface area (Å²) in [5.74, 6) is -0.884. The van der Waals surface area contributed by atoms with Crippen molar-refractivity contribution in [1.29, 1.82) is 0 Å². The van der Waals surface area contributed by atoms with Crippen LogP contribution in [-0.2, 0) is 6.18 Å². The number of amides is 1. The average molecular weight is 337 g/mol. The first-order chi connectivity index (χ1) is 10.9. The molecule has 0 atom stereocenters. The lowest BCUT2D eigenvalue weighted by molar-refractivity contribution is -0.136. The molecule has 23 heavy (non-hydrogen) atoms. The second-order valence-electron chi connectivity index (χ2n) is 4.79. The summed E-state index contributed by atoms with van der Waals surface area (Å²) in [5, 5.41) is 2.52. The number of hydrogen-bond donors (Lipinski definition) is 1. The van der Waals surface area contributed by atoms with Crippen molar-refractivity contribution in [2.45, 2.75) is 13.1 Å². The van der Waals surface area contributed by atoms with E-state index in [4.69, 9.17) is 0 Å². The van der Waals surface area contributed by atoms with E-state index in [0.29, 0.717) is 0 Å². The van der Waals surface area contributed by atoms with Crippen LogP contribution in [0.2, 0.25) is 0 Å². The molecule has 0 aliphatic carbocycles. The number of anilines is 1. The van der Waals surface area contributed by atoms with Gasteiger partial charge in [-0.25, -0.2) is 4.98 Å². The van der Waals surface area contributed by atoms with Gasteiger partial charge in [-0.15, -0.1) is 11.3 Å². The van der Waals surface area contributed by atoms with Crippen LogP contribution in [0.3, 0.4) is 0 Å². The van der Waals surface area contributed by atoms with Gasteiger partial charge in [0.2, 0.25) is 0 Å². The van der Waals surface area contributed by atoms with Gasteiger partial charge in [0.05, 0.1) is 16.6 Å². The molecule has 0 spiro atoms. The van der Waals surface area contributed by atoms with E-state index < -0.39 is 23.2 Å². The number of benzene rings is 1. The zero-order chi connectivity index (χ0) is 16.6. The van der Waals surface area contributed by atoms with E-state index in [9.17, 15) is 18.0 Å². The summed E-state index contributed by atoms with van der Waals surface area (Å²) in [5.41, 5.74) is -1.33. The molecule has 1 aromatic carbocycles. The molecule has 2 aromatic heterocycles. The summed E-state index contributed by atoms with van der Waals surface area (Å²) in [6.07, 6.45) is -2.20. The zero-order valence-corrected chi connectivity index (χ0v) is 12.6. The lowest BCUT2D eigenvalue weighted by Gasteiger charge is -2.14. The monoisotopic (exact) mass is 337 g/mol. The van der Waals surface area contributed by atoms with E-state index in [0.717, 1.165) is 11.1 Å². The van der Waals surface area contributed by atoms with E-state index in [-0.39, 0.29) is 16.0 Å². The highest BCUT2D eigenvalue weighted by Crippen LogP contribution is 2.37. The van der Waals surface area contributed by atoms with Crippen LogP contribution in [-0.4, -0.2) is 15.9 Å². The molecule has 0 saturated heterocycles. The Balaban J connectivity index is 2.11. The van der Waals surface area contributed by atoms with Gasteiger partial charge in [-0.05, 0) is 13.0 Å². The molecule has 0 unspecified atom stereocenters. The number of fused-ring (bicyclic) bond motifs is 1. The molecule has 0 aliphatic rings. The number of pyridine rings is 1. The first-order valence-corrected chi connectivity index (χ1v) is 7.36. The number of carbonyl (C=O) groups is 1. The number of aromatic nitrogens is 2.